The van der Waals surface area contributed by atoms with Crippen LogP contribution in [0.3, 0.4) is 0 Å². The van der Waals surface area contributed by atoms with Crippen molar-refractivity contribution in [1.29, 1.82) is 10.5 Å². The fraction of sp³-hybridized carbons (Fsp3) is 0.517. The zero-order valence-corrected chi connectivity index (χ0v) is 46.1. The van der Waals surface area contributed by atoms with Gasteiger partial charge in [0, 0.05) is 87.4 Å². The molecule has 8 aliphatic rings. The van der Waals surface area contributed by atoms with Crippen molar-refractivity contribution < 1.29 is 28.5 Å². The standard InChI is InChI=1S/C58H66N12O6S2/c1-5-50(71)69-25-23-67(32-38(69)13-20-59)52-43-10-17-57(19-12-49-48(75-57)15-27-77-49)29-46(43)61-56(64-52)74-35-41-28-37(31-66(41)4)45-36-78-54-42(45)9-16-58(76-54)18-11-44-47(30-58)62-55(73-34-40-8-7-22-65(40)3)63-53(44)68-24-26-70(51(72)6-2)39(33-68)14-21-60/h5-6,9,12,15-16,19,27,36-41H,1-2,7-8,10-11,13-14,17-18,22-26,28-35H2,3-4H3. The van der Waals surface area contributed by atoms with E-state index in [1.807, 2.05) is 6.07 Å². The van der Waals surface area contributed by atoms with Crippen molar-refractivity contribution in [2.45, 2.75) is 112 Å². The molecule has 10 heterocycles. The predicted molar refractivity (Wildman–Crippen MR) is 298 cm³/mol. The smallest absolute Gasteiger partial charge is 0.318 e. The molecular weight excluding hydrogens is 1020 g/mol. The molecule has 2 amide bonds. The Morgan fingerprint density at radius 3 is 1.95 bits per heavy atom. The summed E-state index contributed by atoms with van der Waals surface area (Å²) in [5.74, 6) is 2.44. The number of nitriles is 2. The first kappa shape index (κ1) is 51.9. The molecule has 4 aromatic heterocycles. The van der Waals surface area contributed by atoms with Crippen molar-refractivity contribution in [3.05, 3.63) is 92.8 Å². The molecule has 0 saturated carbocycles. The number of ether oxygens (including phenoxy) is 4. The van der Waals surface area contributed by atoms with E-state index >= 15 is 0 Å². The van der Waals surface area contributed by atoms with Crippen LogP contribution >= 0.6 is 22.7 Å². The monoisotopic (exact) mass is 1090 g/mol. The summed E-state index contributed by atoms with van der Waals surface area (Å²) in [6.07, 6.45) is 19.1. The molecule has 406 valence electrons. The van der Waals surface area contributed by atoms with Crippen molar-refractivity contribution in [3.63, 3.8) is 0 Å². The fourth-order valence-electron chi connectivity index (χ4n) is 13.2. The van der Waals surface area contributed by atoms with E-state index in [9.17, 15) is 20.1 Å². The second-order valence-electron chi connectivity index (χ2n) is 22.2. The summed E-state index contributed by atoms with van der Waals surface area (Å²) in [5.41, 5.74) is 5.23. The number of nitrogens with zero attached hydrogens (tertiary/aromatic N) is 12. The summed E-state index contributed by atoms with van der Waals surface area (Å²) in [7, 11) is 4.29. The molecule has 7 atom stereocenters. The molecule has 4 saturated heterocycles. The second kappa shape index (κ2) is 21.4. The number of anilines is 2. The average molecular weight is 1090 g/mol. The van der Waals surface area contributed by atoms with Gasteiger partial charge in [-0.15, -0.1) is 22.7 Å². The van der Waals surface area contributed by atoms with Gasteiger partial charge in [-0.1, -0.05) is 19.2 Å². The number of amides is 2. The highest BCUT2D eigenvalue weighted by Crippen LogP contribution is 2.49. The highest BCUT2D eigenvalue weighted by molar-refractivity contribution is 7.12. The van der Waals surface area contributed by atoms with E-state index in [1.54, 1.807) is 32.5 Å². The molecular formula is C58H66N12O6S2. The minimum absolute atomic E-state index is 0.102. The SMILES string of the molecule is C=CC(=O)N1CCN(c2nc(OCC3CC(c4csc5c4C=CC4(CCc6c(nc(OCC7CCCN7C)nc6N6CCN(C(=O)C=C)C(CC#N)C6)C4)O5)CN3C)nc3c2CCC2(C=Cc4sccc4O2)C3)CC1CC#N. The number of rotatable bonds is 13. The number of thiophene rings is 2. The van der Waals surface area contributed by atoms with Crippen LogP contribution in [0.15, 0.2) is 54.3 Å². The molecule has 2 spiro atoms. The molecule has 0 aromatic carbocycles. The quantitative estimate of drug-likeness (QED) is 0.130. The zero-order valence-electron chi connectivity index (χ0n) is 44.5. The highest BCUT2D eigenvalue weighted by atomic mass is 32.1. The molecule has 78 heavy (non-hydrogen) atoms. The number of aromatic nitrogens is 4. The normalized spacial score (nSPS) is 27.3. The Labute approximate surface area is 463 Å². The number of fused-ring (bicyclic) bond motifs is 4. The fourth-order valence-corrected chi connectivity index (χ4v) is 15.0. The van der Waals surface area contributed by atoms with Crippen LogP contribution in [0.2, 0.25) is 0 Å². The van der Waals surface area contributed by atoms with E-state index in [4.69, 9.17) is 38.9 Å². The van der Waals surface area contributed by atoms with Crippen LogP contribution in [-0.2, 0) is 35.3 Å². The molecule has 6 aliphatic heterocycles. The van der Waals surface area contributed by atoms with Gasteiger partial charge in [0.15, 0.2) is 5.06 Å². The number of likely N-dealkylation sites (N-methyl/N-ethyl adjacent to an activating group) is 2. The summed E-state index contributed by atoms with van der Waals surface area (Å²) in [6.45, 7) is 13.2. The largest absolute Gasteiger partial charge is 0.481 e. The van der Waals surface area contributed by atoms with Gasteiger partial charge < -0.3 is 43.4 Å². The second-order valence-corrected chi connectivity index (χ2v) is 24.0. The summed E-state index contributed by atoms with van der Waals surface area (Å²) < 4.78 is 26.9. The van der Waals surface area contributed by atoms with Crippen molar-refractivity contribution in [2.24, 2.45) is 0 Å². The minimum atomic E-state index is -0.592. The van der Waals surface area contributed by atoms with Crippen LogP contribution in [0, 0.1) is 22.7 Å². The van der Waals surface area contributed by atoms with E-state index < -0.39 is 11.2 Å². The molecule has 0 radical (unpaired) electrons. The zero-order chi connectivity index (χ0) is 53.7. The number of hydrogen-bond acceptors (Lipinski definition) is 18. The molecule has 18 nitrogen and oxygen atoms in total. The minimum Gasteiger partial charge on any atom is -0.481 e. The third-order valence-corrected chi connectivity index (χ3v) is 19.3. The lowest BCUT2D eigenvalue weighted by Crippen LogP contribution is -2.55. The highest BCUT2D eigenvalue weighted by Gasteiger charge is 2.45. The maximum absolute atomic E-state index is 12.9. The first-order valence-electron chi connectivity index (χ1n) is 27.5. The van der Waals surface area contributed by atoms with Gasteiger partial charge in [0.1, 0.15) is 41.8 Å². The van der Waals surface area contributed by atoms with E-state index in [2.05, 4.69) is 94.1 Å². The van der Waals surface area contributed by atoms with Crippen LogP contribution in [0.5, 0.6) is 22.8 Å². The Bertz CT molecular complexity index is 3160. The number of likely N-dealkylation sites (tertiary alicyclic amines) is 2. The van der Waals surface area contributed by atoms with Gasteiger partial charge in [-0.3, -0.25) is 14.5 Å². The van der Waals surface area contributed by atoms with E-state index in [0.29, 0.717) is 96.2 Å². The number of carbonyl (C=O) groups is 2. The van der Waals surface area contributed by atoms with Gasteiger partial charge in [0.05, 0.1) is 53.3 Å². The molecule has 4 fully saturated rings. The lowest BCUT2D eigenvalue weighted by molar-refractivity contribution is -0.129. The summed E-state index contributed by atoms with van der Waals surface area (Å²) in [6, 6.07) is 7.10. The molecule has 0 bridgehead atoms. The van der Waals surface area contributed by atoms with Crippen LogP contribution in [0.4, 0.5) is 11.6 Å². The summed E-state index contributed by atoms with van der Waals surface area (Å²) in [4.78, 5) is 59.9. The van der Waals surface area contributed by atoms with E-state index in [0.717, 1.165) is 101 Å². The third-order valence-electron chi connectivity index (χ3n) is 17.6. The number of hydrogen-bond donors (Lipinski definition) is 0. The summed E-state index contributed by atoms with van der Waals surface area (Å²) >= 11 is 3.33. The molecule has 0 N–H and O–H groups in total. The average Bonchev–Trinajstić information content (AvgIpc) is 4.37. The van der Waals surface area contributed by atoms with Gasteiger partial charge >= 0.3 is 12.0 Å². The van der Waals surface area contributed by atoms with Crippen LogP contribution < -0.4 is 28.7 Å². The van der Waals surface area contributed by atoms with Crippen molar-refractivity contribution in [1.82, 2.24) is 39.5 Å². The van der Waals surface area contributed by atoms with E-state index in [-0.39, 0.29) is 48.7 Å². The van der Waals surface area contributed by atoms with Crippen molar-refractivity contribution >= 4 is 58.3 Å². The first-order valence-corrected chi connectivity index (χ1v) is 29.2. The Morgan fingerprint density at radius 2 is 1.36 bits per heavy atom. The van der Waals surface area contributed by atoms with Crippen molar-refractivity contribution in [3.8, 4) is 35.0 Å². The van der Waals surface area contributed by atoms with Crippen LogP contribution in [-0.4, -0.2) is 166 Å². The molecule has 12 rings (SSSR count). The lowest BCUT2D eigenvalue weighted by Gasteiger charge is -2.43. The van der Waals surface area contributed by atoms with Gasteiger partial charge in [-0.2, -0.15) is 30.5 Å². The Kier molecular flexibility index (Phi) is 14.3. The summed E-state index contributed by atoms with van der Waals surface area (Å²) in [5, 5.41) is 24.8. The number of carbonyl (C=O) groups excluding carboxylic acids is 2. The molecule has 7 unspecified atom stereocenters. The topological polar surface area (TPSA) is 190 Å². The Morgan fingerprint density at radius 1 is 0.756 bits per heavy atom. The molecule has 4 aromatic rings. The van der Waals surface area contributed by atoms with Crippen molar-refractivity contribution in [2.75, 3.05) is 89.5 Å². The lowest BCUT2D eigenvalue weighted by atomic mass is 9.81. The third kappa shape index (κ3) is 9.90. The van der Waals surface area contributed by atoms with Crippen LogP contribution in [0.1, 0.15) is 89.4 Å². The van der Waals surface area contributed by atoms with Gasteiger partial charge in [0.25, 0.3) is 0 Å². The van der Waals surface area contributed by atoms with Gasteiger partial charge in [-0.25, -0.2) is 0 Å². The number of piperazine rings is 2. The Balaban J connectivity index is 0.757. The maximum atomic E-state index is 12.9. The van der Waals surface area contributed by atoms with Gasteiger partial charge in [0.2, 0.25) is 11.8 Å². The molecule has 20 heteroatoms. The van der Waals surface area contributed by atoms with E-state index in [1.165, 1.54) is 17.7 Å². The predicted octanol–water partition coefficient (Wildman–Crippen LogP) is 6.63. The molecule has 2 aliphatic carbocycles. The van der Waals surface area contributed by atoms with Crippen LogP contribution in [0.25, 0.3) is 12.2 Å². The van der Waals surface area contributed by atoms with Gasteiger partial charge in [-0.05, 0) is 124 Å². The maximum Gasteiger partial charge on any atom is 0.318 e. The Hall–Kier alpha value is -6.84. The first-order chi connectivity index (χ1) is 37.9.